The van der Waals surface area contributed by atoms with Gasteiger partial charge in [0, 0.05) is 54.8 Å². The van der Waals surface area contributed by atoms with Crippen molar-refractivity contribution in [3.8, 4) is 16.9 Å². The van der Waals surface area contributed by atoms with Gasteiger partial charge in [-0.05, 0) is 51.2 Å². The second-order valence-electron chi connectivity index (χ2n) is 8.40. The topological polar surface area (TPSA) is 50.6 Å². The number of carbonyl (C=O) groups excluding carboxylic acids is 1. The van der Waals surface area contributed by atoms with E-state index >= 15 is 0 Å². The highest BCUT2D eigenvalue weighted by atomic mass is 16.5. The molecule has 148 valence electrons. The Bertz CT molecular complexity index is 898. The lowest BCUT2D eigenvalue weighted by atomic mass is 9.93. The van der Waals surface area contributed by atoms with Crippen LogP contribution < -0.4 is 9.64 Å². The Balaban J connectivity index is 1.50. The molecule has 0 bridgehead atoms. The zero-order valence-electron chi connectivity index (χ0n) is 16.7. The molecule has 6 heteroatoms. The summed E-state index contributed by atoms with van der Waals surface area (Å²) in [5.41, 5.74) is 4.55. The zero-order valence-corrected chi connectivity index (χ0v) is 16.7. The van der Waals surface area contributed by atoms with Crippen molar-refractivity contribution < 1.29 is 9.53 Å². The van der Waals surface area contributed by atoms with Gasteiger partial charge in [-0.1, -0.05) is 0 Å². The summed E-state index contributed by atoms with van der Waals surface area (Å²) in [7, 11) is 2.14. The highest BCUT2D eigenvalue weighted by Gasteiger charge is 2.28. The number of nitrogens with zero attached hydrogens (tertiary/aromatic N) is 4. The number of amides is 1. The van der Waals surface area contributed by atoms with Crippen molar-refractivity contribution in [1.29, 1.82) is 0 Å². The summed E-state index contributed by atoms with van der Waals surface area (Å²) in [4.78, 5) is 16.6. The monoisotopic (exact) mass is 380 g/mol. The summed E-state index contributed by atoms with van der Waals surface area (Å²) < 4.78 is 8.29. The van der Waals surface area contributed by atoms with Crippen LogP contribution in [0.3, 0.4) is 0 Å². The number of likely N-dealkylation sites (tertiary alicyclic amines) is 1. The van der Waals surface area contributed by atoms with E-state index < -0.39 is 0 Å². The van der Waals surface area contributed by atoms with Crippen molar-refractivity contribution in [1.82, 2.24) is 14.7 Å². The molecule has 1 aliphatic carbocycles. The van der Waals surface area contributed by atoms with Crippen LogP contribution in [0.15, 0.2) is 24.5 Å². The largest absolute Gasteiger partial charge is 0.483 e. The lowest BCUT2D eigenvalue weighted by Crippen LogP contribution is -2.44. The number of carbonyl (C=O) groups is 1. The third-order valence-corrected chi connectivity index (χ3v) is 6.47. The first-order valence-electron chi connectivity index (χ1n) is 10.5. The minimum atomic E-state index is 0.0843. The van der Waals surface area contributed by atoms with Crippen LogP contribution in [0.4, 0.5) is 5.69 Å². The van der Waals surface area contributed by atoms with E-state index in [0.29, 0.717) is 12.1 Å². The standard InChI is InChI=1S/C22H28N4O2/c1-15-4-7-19-20(24(15)2)9-8-18(16-12-23-26(13-16)17-5-6-17)22(19)28-14-21(27)25-10-3-11-25/h8-9,12-13,15,17H,3-7,10-11,14H2,1-2H3. The number of hydrogen-bond donors (Lipinski definition) is 0. The molecule has 3 heterocycles. The average Bonchev–Trinajstić information content (AvgIpc) is 3.38. The third-order valence-electron chi connectivity index (χ3n) is 6.47. The molecule has 1 saturated heterocycles. The van der Waals surface area contributed by atoms with Gasteiger partial charge in [-0.2, -0.15) is 5.10 Å². The number of anilines is 1. The molecule has 2 aliphatic heterocycles. The fourth-order valence-corrected chi connectivity index (χ4v) is 4.17. The van der Waals surface area contributed by atoms with Crippen molar-refractivity contribution in [3.05, 3.63) is 30.1 Å². The Morgan fingerprint density at radius 1 is 1.25 bits per heavy atom. The van der Waals surface area contributed by atoms with Crippen LogP contribution in [0.1, 0.15) is 44.2 Å². The van der Waals surface area contributed by atoms with Gasteiger partial charge in [0.1, 0.15) is 5.75 Å². The molecule has 2 aromatic rings. The maximum atomic E-state index is 12.4. The van der Waals surface area contributed by atoms with Crippen molar-refractivity contribution in [2.24, 2.45) is 0 Å². The van der Waals surface area contributed by atoms with Crippen LogP contribution >= 0.6 is 0 Å². The molecule has 0 N–H and O–H groups in total. The minimum Gasteiger partial charge on any atom is -0.483 e. The fraction of sp³-hybridized carbons (Fsp3) is 0.545. The van der Waals surface area contributed by atoms with Crippen LogP contribution in [-0.2, 0) is 11.2 Å². The SMILES string of the molecule is CC1CCc2c(ccc(-c3cnn(C4CC4)c3)c2OCC(=O)N2CCC2)N1C. The van der Waals surface area contributed by atoms with Crippen molar-refractivity contribution in [2.75, 3.05) is 31.6 Å². The summed E-state index contributed by atoms with van der Waals surface area (Å²) in [6.07, 6.45) is 9.63. The van der Waals surface area contributed by atoms with Gasteiger partial charge < -0.3 is 14.5 Å². The smallest absolute Gasteiger partial charge is 0.260 e. The predicted octanol–water partition coefficient (Wildman–Crippen LogP) is 3.27. The average molecular weight is 380 g/mol. The summed E-state index contributed by atoms with van der Waals surface area (Å²) in [6.45, 7) is 4.08. The van der Waals surface area contributed by atoms with Crippen LogP contribution in [0.2, 0.25) is 0 Å². The Morgan fingerprint density at radius 3 is 2.79 bits per heavy atom. The Labute approximate surface area is 166 Å². The number of fused-ring (bicyclic) bond motifs is 1. The Morgan fingerprint density at radius 2 is 2.07 bits per heavy atom. The summed E-state index contributed by atoms with van der Waals surface area (Å²) >= 11 is 0. The van der Waals surface area contributed by atoms with Crippen LogP contribution in [0.25, 0.3) is 11.1 Å². The van der Waals surface area contributed by atoms with E-state index in [1.807, 2.05) is 11.1 Å². The Kier molecular flexibility index (Phi) is 4.29. The second-order valence-corrected chi connectivity index (χ2v) is 8.40. The number of benzene rings is 1. The van der Waals surface area contributed by atoms with E-state index in [-0.39, 0.29) is 12.5 Å². The molecule has 28 heavy (non-hydrogen) atoms. The predicted molar refractivity (Wildman–Crippen MR) is 109 cm³/mol. The molecule has 2 fully saturated rings. The maximum absolute atomic E-state index is 12.4. The molecule has 0 radical (unpaired) electrons. The molecule has 6 nitrogen and oxygen atoms in total. The number of ether oxygens (including phenoxy) is 1. The lowest BCUT2D eigenvalue weighted by molar-refractivity contribution is -0.136. The molecule has 1 amide bonds. The van der Waals surface area contributed by atoms with Gasteiger partial charge in [0.05, 0.1) is 12.2 Å². The summed E-state index contributed by atoms with van der Waals surface area (Å²) in [6, 6.07) is 5.38. The molecule has 1 atom stereocenters. The number of rotatable bonds is 5. The van der Waals surface area contributed by atoms with E-state index in [9.17, 15) is 4.79 Å². The van der Waals surface area contributed by atoms with Gasteiger partial charge in [0.2, 0.25) is 0 Å². The molecule has 1 unspecified atom stereocenters. The molecule has 1 aromatic heterocycles. The first kappa shape index (κ1) is 17.6. The maximum Gasteiger partial charge on any atom is 0.260 e. The van der Waals surface area contributed by atoms with Gasteiger partial charge in [-0.25, -0.2) is 0 Å². The molecule has 1 aromatic carbocycles. The van der Waals surface area contributed by atoms with Crippen LogP contribution in [0, 0.1) is 0 Å². The molecule has 0 spiro atoms. The second kappa shape index (κ2) is 6.83. The summed E-state index contributed by atoms with van der Waals surface area (Å²) in [5.74, 6) is 0.946. The van der Waals surface area contributed by atoms with E-state index in [4.69, 9.17) is 4.74 Å². The normalized spacial score (nSPS) is 21.3. The van der Waals surface area contributed by atoms with E-state index in [2.05, 4.69) is 47.0 Å². The van der Waals surface area contributed by atoms with Crippen LogP contribution in [0.5, 0.6) is 5.75 Å². The van der Waals surface area contributed by atoms with Gasteiger partial charge in [-0.15, -0.1) is 0 Å². The van der Waals surface area contributed by atoms with Crippen molar-refractivity contribution in [3.63, 3.8) is 0 Å². The minimum absolute atomic E-state index is 0.0843. The van der Waals surface area contributed by atoms with Crippen molar-refractivity contribution >= 4 is 11.6 Å². The quantitative estimate of drug-likeness (QED) is 0.799. The third kappa shape index (κ3) is 3.05. The van der Waals surface area contributed by atoms with E-state index in [1.165, 1.54) is 24.1 Å². The number of hydrogen-bond acceptors (Lipinski definition) is 4. The first-order chi connectivity index (χ1) is 13.6. The van der Waals surface area contributed by atoms with Gasteiger partial charge in [-0.3, -0.25) is 9.48 Å². The van der Waals surface area contributed by atoms with Crippen LogP contribution in [-0.4, -0.2) is 53.4 Å². The lowest BCUT2D eigenvalue weighted by Gasteiger charge is -2.35. The zero-order chi connectivity index (χ0) is 19.3. The van der Waals surface area contributed by atoms with E-state index in [1.54, 1.807) is 0 Å². The fourth-order valence-electron chi connectivity index (χ4n) is 4.17. The van der Waals surface area contributed by atoms with Gasteiger partial charge in [0.25, 0.3) is 5.91 Å². The molecular weight excluding hydrogens is 352 g/mol. The Hall–Kier alpha value is -2.50. The van der Waals surface area contributed by atoms with Crippen molar-refractivity contribution in [2.45, 2.75) is 51.1 Å². The number of aromatic nitrogens is 2. The van der Waals surface area contributed by atoms with Gasteiger partial charge >= 0.3 is 0 Å². The highest BCUT2D eigenvalue weighted by Crippen LogP contribution is 2.43. The summed E-state index contributed by atoms with van der Waals surface area (Å²) in [5, 5.41) is 4.56. The molecule has 1 saturated carbocycles. The molecule has 3 aliphatic rings. The first-order valence-corrected chi connectivity index (χ1v) is 10.5. The molecular formula is C22H28N4O2. The van der Waals surface area contributed by atoms with E-state index in [0.717, 1.165) is 49.2 Å². The molecule has 5 rings (SSSR count). The van der Waals surface area contributed by atoms with Gasteiger partial charge in [0.15, 0.2) is 6.61 Å². The highest BCUT2D eigenvalue weighted by molar-refractivity contribution is 5.81.